The number of aliphatic hydroxyl groups is 1. The van der Waals surface area contributed by atoms with Gasteiger partial charge in [-0.15, -0.1) is 0 Å². The highest BCUT2D eigenvalue weighted by Gasteiger charge is 2.49. The Hall–Kier alpha value is -2.05. The summed E-state index contributed by atoms with van der Waals surface area (Å²) in [4.78, 5) is 18.7. The van der Waals surface area contributed by atoms with E-state index < -0.39 is 12.0 Å². The number of carbonyl (C=O) groups is 1. The van der Waals surface area contributed by atoms with Crippen molar-refractivity contribution in [3.63, 3.8) is 0 Å². The zero-order valence-corrected chi connectivity index (χ0v) is 16.5. The van der Waals surface area contributed by atoms with E-state index in [2.05, 4.69) is 22.0 Å². The summed E-state index contributed by atoms with van der Waals surface area (Å²) in [6.45, 7) is 2.03. The predicted molar refractivity (Wildman–Crippen MR) is 105 cm³/mol. The van der Waals surface area contributed by atoms with Gasteiger partial charge in [-0.05, 0) is 61.3 Å². The lowest BCUT2D eigenvalue weighted by Gasteiger charge is -2.50. The van der Waals surface area contributed by atoms with Gasteiger partial charge in [0.05, 0.1) is 32.3 Å². The highest BCUT2D eigenvalue weighted by atomic mass is 16.5. The van der Waals surface area contributed by atoms with Gasteiger partial charge >= 0.3 is 5.97 Å². The first kappa shape index (κ1) is 18.0. The molecule has 2 fully saturated rings. The first-order valence-corrected chi connectivity index (χ1v) is 10.3. The van der Waals surface area contributed by atoms with Crippen LogP contribution >= 0.6 is 0 Å². The number of aromatic nitrogens is 1. The number of piperidine rings is 1. The molecule has 1 aromatic carbocycles. The van der Waals surface area contributed by atoms with Gasteiger partial charge in [-0.25, -0.2) is 0 Å². The number of aromatic amines is 1. The molecule has 1 saturated carbocycles. The highest BCUT2D eigenvalue weighted by molar-refractivity contribution is 5.86. The Morgan fingerprint density at radius 2 is 2.14 bits per heavy atom. The fourth-order valence-corrected chi connectivity index (χ4v) is 5.96. The van der Waals surface area contributed by atoms with Crippen molar-refractivity contribution >= 4 is 16.9 Å². The van der Waals surface area contributed by atoms with Crippen LogP contribution in [0.5, 0.6) is 5.75 Å². The highest BCUT2D eigenvalue weighted by Crippen LogP contribution is 2.49. The van der Waals surface area contributed by atoms with Crippen molar-refractivity contribution in [2.45, 2.75) is 37.8 Å². The summed E-state index contributed by atoms with van der Waals surface area (Å²) in [6, 6.07) is 6.46. The molecule has 2 aliphatic heterocycles. The van der Waals surface area contributed by atoms with Crippen LogP contribution in [0.3, 0.4) is 0 Å². The summed E-state index contributed by atoms with van der Waals surface area (Å²) in [5.74, 6) is 0.842. The fourth-order valence-electron chi connectivity index (χ4n) is 5.96. The summed E-state index contributed by atoms with van der Waals surface area (Å²) >= 11 is 0. The minimum Gasteiger partial charge on any atom is -0.497 e. The molecule has 0 radical (unpaired) electrons. The average Bonchev–Trinajstić information content (AvgIpc) is 3.10. The summed E-state index contributed by atoms with van der Waals surface area (Å²) in [6.07, 6.45) is 3.00. The Morgan fingerprint density at radius 3 is 2.93 bits per heavy atom. The predicted octanol–water partition coefficient (Wildman–Crippen LogP) is 2.66. The first-order valence-electron chi connectivity index (χ1n) is 10.3. The van der Waals surface area contributed by atoms with Crippen LogP contribution in [0.15, 0.2) is 18.2 Å². The van der Waals surface area contributed by atoms with Crippen molar-refractivity contribution in [2.75, 3.05) is 27.3 Å². The third-order valence-electron chi connectivity index (χ3n) is 7.32. The van der Waals surface area contributed by atoms with E-state index in [-0.39, 0.29) is 17.9 Å². The maximum absolute atomic E-state index is 12.4. The molecule has 1 aromatic heterocycles. The molecule has 5 atom stereocenters. The van der Waals surface area contributed by atoms with Crippen LogP contribution in [0.25, 0.3) is 10.9 Å². The second-order valence-corrected chi connectivity index (χ2v) is 8.54. The number of hydrogen-bond acceptors (Lipinski definition) is 5. The second-order valence-electron chi connectivity index (χ2n) is 8.54. The van der Waals surface area contributed by atoms with Gasteiger partial charge in [0.1, 0.15) is 5.75 Å². The van der Waals surface area contributed by atoms with Crippen molar-refractivity contribution in [2.24, 2.45) is 17.8 Å². The van der Waals surface area contributed by atoms with E-state index in [1.807, 2.05) is 6.07 Å². The van der Waals surface area contributed by atoms with Gasteiger partial charge < -0.3 is 19.6 Å². The lowest BCUT2D eigenvalue weighted by atomic mass is 9.65. The minimum absolute atomic E-state index is 0.171. The minimum atomic E-state index is -0.588. The number of aliphatic hydroxyl groups excluding tert-OH is 1. The van der Waals surface area contributed by atoms with Crippen molar-refractivity contribution in [3.8, 4) is 5.75 Å². The summed E-state index contributed by atoms with van der Waals surface area (Å²) in [5, 5.41) is 11.8. The molecule has 3 heterocycles. The number of fused-ring (bicyclic) bond motifs is 6. The van der Waals surface area contributed by atoms with Gasteiger partial charge in [0, 0.05) is 29.7 Å². The van der Waals surface area contributed by atoms with Gasteiger partial charge in [-0.2, -0.15) is 0 Å². The van der Waals surface area contributed by atoms with Crippen LogP contribution in [-0.2, 0) is 16.0 Å². The third kappa shape index (κ3) is 2.65. The molecule has 6 heteroatoms. The number of nitrogens with zero attached hydrogens (tertiary/aromatic N) is 1. The summed E-state index contributed by atoms with van der Waals surface area (Å²) in [5.41, 5.74) is 3.79. The van der Waals surface area contributed by atoms with Gasteiger partial charge in [0.25, 0.3) is 0 Å². The molecule has 2 N–H and O–H groups in total. The van der Waals surface area contributed by atoms with E-state index in [1.54, 1.807) is 7.11 Å². The SMILES string of the molecule is COC(=O)[C@@H]1[C@H]2C[C@H]3c4[nH]c5ccc(OC)cc5c4CCN3C[C@@H]2CC[C@@H]1O. The van der Waals surface area contributed by atoms with Crippen LogP contribution in [-0.4, -0.2) is 54.4 Å². The van der Waals surface area contributed by atoms with Crippen LogP contribution in [0.4, 0.5) is 0 Å². The molecule has 1 aliphatic carbocycles. The number of carbonyl (C=O) groups excluding carboxylic acids is 1. The lowest BCUT2D eigenvalue weighted by molar-refractivity contribution is -0.160. The standard InChI is InChI=1S/C22H28N2O4/c1-27-13-4-5-17-16(9-13)14-7-8-24-11-12-3-6-19(25)20(22(26)28-2)15(12)10-18(24)21(14)23-17/h4-5,9,12,15,18-20,23,25H,3,6-8,10-11H2,1-2H3/t12-,15-,18-,19-,20+/m0/s1. The molecule has 2 aromatic rings. The molecule has 0 amide bonds. The second kappa shape index (κ2) is 6.78. The number of H-pyrrole nitrogens is 1. The number of ether oxygens (including phenoxy) is 2. The molecule has 0 bridgehead atoms. The van der Waals surface area contributed by atoms with Crippen LogP contribution in [0.2, 0.25) is 0 Å². The van der Waals surface area contributed by atoms with E-state index in [9.17, 15) is 9.90 Å². The molecule has 5 rings (SSSR count). The Labute approximate surface area is 164 Å². The number of benzene rings is 1. The number of methoxy groups -OCH3 is 2. The molecular weight excluding hydrogens is 356 g/mol. The smallest absolute Gasteiger partial charge is 0.311 e. The summed E-state index contributed by atoms with van der Waals surface area (Å²) in [7, 11) is 3.13. The van der Waals surface area contributed by atoms with Crippen LogP contribution in [0.1, 0.15) is 36.6 Å². The third-order valence-corrected chi connectivity index (χ3v) is 7.32. The average molecular weight is 384 g/mol. The Balaban J connectivity index is 1.52. The Morgan fingerprint density at radius 1 is 1.29 bits per heavy atom. The largest absolute Gasteiger partial charge is 0.497 e. The van der Waals surface area contributed by atoms with Crippen LogP contribution < -0.4 is 4.74 Å². The first-order chi connectivity index (χ1) is 13.6. The van der Waals surface area contributed by atoms with E-state index in [4.69, 9.17) is 9.47 Å². The molecule has 1 saturated heterocycles. The maximum Gasteiger partial charge on any atom is 0.311 e. The quantitative estimate of drug-likeness (QED) is 0.779. The fraction of sp³-hybridized carbons (Fsp3) is 0.591. The van der Waals surface area contributed by atoms with E-state index in [0.717, 1.165) is 43.6 Å². The van der Waals surface area contributed by atoms with Gasteiger partial charge in [-0.3, -0.25) is 9.69 Å². The number of esters is 1. The van der Waals surface area contributed by atoms with Crippen molar-refractivity contribution in [3.05, 3.63) is 29.5 Å². The number of rotatable bonds is 2. The molecule has 28 heavy (non-hydrogen) atoms. The molecule has 150 valence electrons. The molecule has 0 spiro atoms. The topological polar surface area (TPSA) is 74.8 Å². The lowest BCUT2D eigenvalue weighted by Crippen LogP contribution is -2.53. The zero-order valence-electron chi connectivity index (χ0n) is 16.5. The number of hydrogen-bond donors (Lipinski definition) is 2. The van der Waals surface area contributed by atoms with E-state index >= 15 is 0 Å². The number of nitrogens with one attached hydrogen (secondary N) is 1. The van der Waals surface area contributed by atoms with Gasteiger partial charge in [0.15, 0.2) is 0 Å². The van der Waals surface area contributed by atoms with Crippen molar-refractivity contribution in [1.29, 1.82) is 0 Å². The Kier molecular flexibility index (Phi) is 4.36. The maximum atomic E-state index is 12.4. The zero-order chi connectivity index (χ0) is 19.4. The van der Waals surface area contributed by atoms with Crippen molar-refractivity contribution in [1.82, 2.24) is 9.88 Å². The molecule has 0 unspecified atom stereocenters. The van der Waals surface area contributed by atoms with Crippen molar-refractivity contribution < 1.29 is 19.4 Å². The van der Waals surface area contributed by atoms with Crippen LogP contribution in [0, 0.1) is 17.8 Å². The van der Waals surface area contributed by atoms with E-state index in [0.29, 0.717) is 12.3 Å². The Bertz CT molecular complexity index is 907. The molecular formula is C22H28N2O4. The normalized spacial score (nSPS) is 32.3. The monoisotopic (exact) mass is 384 g/mol. The summed E-state index contributed by atoms with van der Waals surface area (Å²) < 4.78 is 10.5. The molecule has 6 nitrogen and oxygen atoms in total. The van der Waals surface area contributed by atoms with E-state index in [1.165, 1.54) is 23.8 Å². The van der Waals surface area contributed by atoms with Gasteiger partial charge in [-0.1, -0.05) is 0 Å². The molecule has 3 aliphatic rings. The van der Waals surface area contributed by atoms with Gasteiger partial charge in [0.2, 0.25) is 0 Å².